The molecule has 0 saturated carbocycles. The fourth-order valence-corrected chi connectivity index (χ4v) is 2.44. The van der Waals surface area contributed by atoms with Crippen molar-refractivity contribution in [3.05, 3.63) is 59.7 Å². The van der Waals surface area contributed by atoms with Gasteiger partial charge in [0.05, 0.1) is 13.7 Å². The fraction of sp³-hybridized carbons (Fsp3) is 0.333. The van der Waals surface area contributed by atoms with Gasteiger partial charge in [0.2, 0.25) is 0 Å². The average Bonchev–Trinajstić information content (AvgIpc) is 2.69. The number of hydrogen-bond acceptors (Lipinski definition) is 4. The molecule has 150 valence electrons. The molecule has 0 heterocycles. The summed E-state index contributed by atoms with van der Waals surface area (Å²) in [6, 6.07) is 14.3. The largest absolute Gasteiger partial charge is 0.493 e. The van der Waals surface area contributed by atoms with Crippen molar-refractivity contribution in [2.24, 2.45) is 0 Å². The zero-order valence-corrected chi connectivity index (χ0v) is 16.5. The second-order valence-electron chi connectivity index (χ2n) is 6.43. The van der Waals surface area contributed by atoms with E-state index in [0.717, 1.165) is 5.56 Å². The van der Waals surface area contributed by atoms with E-state index in [-0.39, 0.29) is 18.0 Å². The Labute approximate surface area is 165 Å². The molecule has 0 aliphatic rings. The Morgan fingerprint density at radius 2 is 1.64 bits per heavy atom. The molecule has 28 heavy (non-hydrogen) atoms. The van der Waals surface area contributed by atoms with Gasteiger partial charge in [0.25, 0.3) is 5.91 Å². The quantitative estimate of drug-likeness (QED) is 0.579. The molecule has 2 rings (SSSR count). The van der Waals surface area contributed by atoms with Gasteiger partial charge in [-0.05, 0) is 43.7 Å². The Hall–Kier alpha value is -3.22. The van der Waals surface area contributed by atoms with E-state index in [1.165, 1.54) is 0 Å². The third-order valence-electron chi connectivity index (χ3n) is 3.80. The molecule has 0 saturated heterocycles. The number of para-hydroxylation sites is 2. The lowest BCUT2D eigenvalue weighted by molar-refractivity contribution is 0.0946. The minimum absolute atomic E-state index is 0.0815. The van der Waals surface area contributed by atoms with Crippen molar-refractivity contribution >= 4 is 11.9 Å². The second kappa shape index (κ2) is 10.8. The minimum atomic E-state index is -0.216. The van der Waals surface area contributed by atoms with Gasteiger partial charge >= 0.3 is 6.03 Å². The Morgan fingerprint density at radius 1 is 0.964 bits per heavy atom. The number of urea groups is 1. The van der Waals surface area contributed by atoms with Crippen molar-refractivity contribution in [1.29, 1.82) is 0 Å². The van der Waals surface area contributed by atoms with Crippen molar-refractivity contribution in [1.82, 2.24) is 16.0 Å². The number of hydrogen-bond donors (Lipinski definition) is 3. The van der Waals surface area contributed by atoms with Gasteiger partial charge in [-0.15, -0.1) is 0 Å². The van der Waals surface area contributed by atoms with Crippen LogP contribution in [0.3, 0.4) is 0 Å². The molecule has 3 amide bonds. The molecule has 7 heteroatoms. The molecule has 0 unspecified atom stereocenters. The highest BCUT2D eigenvalue weighted by molar-refractivity contribution is 5.94. The van der Waals surface area contributed by atoms with E-state index >= 15 is 0 Å². The van der Waals surface area contributed by atoms with Crippen LogP contribution in [0.15, 0.2) is 48.5 Å². The first-order valence-corrected chi connectivity index (χ1v) is 9.17. The maximum atomic E-state index is 12.2. The number of nitrogens with one attached hydrogen (secondary N) is 3. The Morgan fingerprint density at radius 3 is 2.29 bits per heavy atom. The molecule has 0 aliphatic heterocycles. The molecule has 7 nitrogen and oxygen atoms in total. The zero-order valence-electron chi connectivity index (χ0n) is 16.5. The number of amides is 3. The molecule has 3 N–H and O–H groups in total. The molecule has 0 aliphatic carbocycles. The summed E-state index contributed by atoms with van der Waals surface area (Å²) in [7, 11) is 1.58. The number of rotatable bonds is 9. The third kappa shape index (κ3) is 6.83. The van der Waals surface area contributed by atoms with Crippen LogP contribution in [0.1, 0.15) is 29.8 Å². The van der Waals surface area contributed by atoms with Gasteiger partial charge in [0.15, 0.2) is 11.5 Å². The van der Waals surface area contributed by atoms with E-state index < -0.39 is 0 Å². The molecule has 0 spiro atoms. The highest BCUT2D eigenvalue weighted by Crippen LogP contribution is 2.25. The first kappa shape index (κ1) is 21.1. The van der Waals surface area contributed by atoms with E-state index in [2.05, 4.69) is 16.0 Å². The number of methoxy groups -OCH3 is 1. The highest BCUT2D eigenvalue weighted by Gasteiger charge is 2.07. The van der Waals surface area contributed by atoms with Gasteiger partial charge in [-0.2, -0.15) is 0 Å². The van der Waals surface area contributed by atoms with Crippen LogP contribution in [0.5, 0.6) is 11.5 Å². The average molecular weight is 385 g/mol. The summed E-state index contributed by atoms with van der Waals surface area (Å²) in [5.41, 5.74) is 1.46. The lowest BCUT2D eigenvalue weighted by Gasteiger charge is -2.11. The predicted molar refractivity (Wildman–Crippen MR) is 108 cm³/mol. The summed E-state index contributed by atoms with van der Waals surface area (Å²) in [5, 5.41) is 8.34. The van der Waals surface area contributed by atoms with E-state index in [1.54, 1.807) is 19.2 Å². The van der Waals surface area contributed by atoms with Gasteiger partial charge in [-0.25, -0.2) is 4.79 Å². The lowest BCUT2D eigenvalue weighted by atomic mass is 10.1. The monoisotopic (exact) mass is 385 g/mol. The molecule has 2 aromatic rings. The summed E-state index contributed by atoms with van der Waals surface area (Å²) < 4.78 is 10.8. The van der Waals surface area contributed by atoms with E-state index in [1.807, 2.05) is 50.2 Å². The van der Waals surface area contributed by atoms with Crippen LogP contribution in [-0.2, 0) is 6.54 Å². The summed E-state index contributed by atoms with van der Waals surface area (Å²) in [6.07, 6.45) is 0. The summed E-state index contributed by atoms with van der Waals surface area (Å²) >= 11 is 0. The van der Waals surface area contributed by atoms with E-state index in [4.69, 9.17) is 9.47 Å². The number of carbonyl (C=O) groups excluding carboxylic acids is 2. The Bertz CT molecular complexity index is 775. The molecule has 0 fully saturated rings. The number of benzene rings is 2. The van der Waals surface area contributed by atoms with Crippen LogP contribution >= 0.6 is 0 Å². The maximum absolute atomic E-state index is 12.2. The Balaban J connectivity index is 1.74. The predicted octanol–water partition coefficient (Wildman–Crippen LogP) is 2.71. The minimum Gasteiger partial charge on any atom is -0.493 e. The molecule has 0 atom stereocenters. The van der Waals surface area contributed by atoms with Crippen molar-refractivity contribution < 1.29 is 19.1 Å². The smallest absolute Gasteiger partial charge is 0.315 e. The molecule has 0 bridgehead atoms. The second-order valence-corrected chi connectivity index (χ2v) is 6.43. The molecule has 2 aromatic carbocycles. The molecule has 0 aromatic heterocycles. The number of ether oxygens (including phenoxy) is 2. The van der Waals surface area contributed by atoms with Crippen LogP contribution in [0.25, 0.3) is 0 Å². The highest BCUT2D eigenvalue weighted by atomic mass is 16.5. The zero-order chi connectivity index (χ0) is 20.4. The molecular formula is C21H27N3O4. The van der Waals surface area contributed by atoms with E-state index in [9.17, 15) is 9.59 Å². The van der Waals surface area contributed by atoms with Gasteiger partial charge in [0.1, 0.15) is 6.61 Å². The fourth-order valence-electron chi connectivity index (χ4n) is 2.44. The summed E-state index contributed by atoms with van der Waals surface area (Å²) in [4.78, 5) is 23.8. The van der Waals surface area contributed by atoms with Crippen LogP contribution in [0, 0.1) is 0 Å². The standard InChI is InChI=1S/C21H27N3O4/c1-15(2)24-21(26)23-14-16-8-10-17(11-9-16)20(25)22-12-13-28-19-7-5-4-6-18(19)27-3/h4-11,15H,12-14H2,1-3H3,(H,22,25)(H2,23,24,26). The molecule has 0 radical (unpaired) electrons. The van der Waals surface area contributed by atoms with Crippen LogP contribution in [0.2, 0.25) is 0 Å². The lowest BCUT2D eigenvalue weighted by Crippen LogP contribution is -2.39. The SMILES string of the molecule is COc1ccccc1OCCNC(=O)c1ccc(CNC(=O)NC(C)C)cc1. The molecular weight excluding hydrogens is 358 g/mol. The van der Waals surface area contributed by atoms with E-state index in [0.29, 0.717) is 36.8 Å². The van der Waals surface area contributed by atoms with Gasteiger partial charge in [-0.3, -0.25) is 4.79 Å². The van der Waals surface area contributed by atoms with Crippen molar-refractivity contribution in [2.75, 3.05) is 20.3 Å². The van der Waals surface area contributed by atoms with Crippen molar-refractivity contribution in [3.63, 3.8) is 0 Å². The Kier molecular flexibility index (Phi) is 8.14. The van der Waals surface area contributed by atoms with Gasteiger partial charge in [-0.1, -0.05) is 24.3 Å². The van der Waals surface area contributed by atoms with Crippen LogP contribution < -0.4 is 25.4 Å². The summed E-state index contributed by atoms with van der Waals surface area (Å²) in [6.45, 7) is 4.89. The topological polar surface area (TPSA) is 88.7 Å². The van der Waals surface area contributed by atoms with Crippen LogP contribution in [0.4, 0.5) is 4.79 Å². The first-order valence-electron chi connectivity index (χ1n) is 9.17. The maximum Gasteiger partial charge on any atom is 0.315 e. The first-order chi connectivity index (χ1) is 13.5. The van der Waals surface area contributed by atoms with Gasteiger partial charge in [0, 0.05) is 18.2 Å². The normalized spacial score (nSPS) is 10.3. The number of carbonyl (C=O) groups is 2. The van der Waals surface area contributed by atoms with Gasteiger partial charge < -0.3 is 25.4 Å². The summed E-state index contributed by atoms with van der Waals surface area (Å²) in [5.74, 6) is 1.11. The van der Waals surface area contributed by atoms with Crippen molar-refractivity contribution in [3.8, 4) is 11.5 Å². The van der Waals surface area contributed by atoms with Crippen molar-refractivity contribution in [2.45, 2.75) is 26.4 Å². The third-order valence-corrected chi connectivity index (χ3v) is 3.80. The van der Waals surface area contributed by atoms with Crippen LogP contribution in [-0.4, -0.2) is 38.2 Å².